The summed E-state index contributed by atoms with van der Waals surface area (Å²) < 4.78 is 5.14. The van der Waals surface area contributed by atoms with Crippen molar-refractivity contribution in [3.05, 3.63) is 82.0 Å². The number of carbonyl (C=O) groups is 2. The topological polar surface area (TPSA) is 58.6 Å². The van der Waals surface area contributed by atoms with Crippen LogP contribution in [0.15, 0.2) is 66.0 Å². The Kier molecular flexibility index (Phi) is 5.12. The molecule has 1 aliphatic heterocycles. The van der Waals surface area contributed by atoms with Gasteiger partial charge in [0.15, 0.2) is 0 Å². The van der Waals surface area contributed by atoms with Crippen LogP contribution in [-0.4, -0.2) is 23.8 Å². The molecular formula is C22H20N2O3S. The fourth-order valence-electron chi connectivity index (χ4n) is 3.44. The van der Waals surface area contributed by atoms with Gasteiger partial charge < -0.3 is 15.0 Å². The van der Waals surface area contributed by atoms with E-state index in [9.17, 15) is 9.59 Å². The Labute approximate surface area is 167 Å². The molecule has 0 bridgehead atoms. The maximum Gasteiger partial charge on any atom is 0.255 e. The lowest BCUT2D eigenvalue weighted by molar-refractivity contribution is -0.117. The van der Waals surface area contributed by atoms with Crippen molar-refractivity contribution in [2.24, 2.45) is 0 Å². The largest absolute Gasteiger partial charge is 0.497 e. The van der Waals surface area contributed by atoms with Crippen LogP contribution in [0.25, 0.3) is 0 Å². The molecule has 1 atom stereocenters. The minimum atomic E-state index is -0.293. The van der Waals surface area contributed by atoms with Gasteiger partial charge in [-0.25, -0.2) is 0 Å². The van der Waals surface area contributed by atoms with Crippen LogP contribution in [0.5, 0.6) is 5.75 Å². The van der Waals surface area contributed by atoms with Gasteiger partial charge in [0.05, 0.1) is 19.6 Å². The number of ether oxygens (including phenoxy) is 1. The summed E-state index contributed by atoms with van der Waals surface area (Å²) in [6.45, 7) is 0.521. The number of rotatable bonds is 6. The number of hydrogen-bond donors (Lipinski definition) is 1. The molecule has 1 N–H and O–H groups in total. The second-order valence-corrected chi connectivity index (χ2v) is 7.58. The molecule has 0 unspecified atom stereocenters. The van der Waals surface area contributed by atoms with Crippen molar-refractivity contribution in [1.29, 1.82) is 0 Å². The zero-order valence-electron chi connectivity index (χ0n) is 15.4. The molecule has 0 fully saturated rings. The zero-order chi connectivity index (χ0) is 19.5. The molecule has 0 radical (unpaired) electrons. The molecule has 1 aromatic heterocycles. The second kappa shape index (κ2) is 7.86. The highest BCUT2D eigenvalue weighted by molar-refractivity contribution is 7.10. The summed E-state index contributed by atoms with van der Waals surface area (Å²) in [7, 11) is 1.60. The number of methoxy groups -OCH3 is 1. The van der Waals surface area contributed by atoms with Gasteiger partial charge in [0, 0.05) is 22.7 Å². The van der Waals surface area contributed by atoms with Crippen molar-refractivity contribution in [1.82, 2.24) is 4.90 Å². The van der Waals surface area contributed by atoms with Crippen molar-refractivity contribution in [2.75, 3.05) is 12.4 Å². The predicted octanol–water partition coefficient (Wildman–Crippen LogP) is 4.48. The minimum Gasteiger partial charge on any atom is -0.497 e. The van der Waals surface area contributed by atoms with Gasteiger partial charge in [0.2, 0.25) is 5.91 Å². The standard InChI is InChI=1S/C22H20N2O3S/c1-27-17-10-8-16(9-11-17)23-21(25)13-19(20-7-4-12-28-20)24-14-15-5-2-3-6-18(15)22(24)26/h2-12,19H,13-14H2,1H3,(H,23,25)/t19-/m1/s1. The van der Waals surface area contributed by atoms with E-state index in [1.54, 1.807) is 47.6 Å². The Balaban J connectivity index is 1.53. The van der Waals surface area contributed by atoms with E-state index in [1.807, 2.05) is 41.8 Å². The lowest BCUT2D eigenvalue weighted by Crippen LogP contribution is -2.31. The van der Waals surface area contributed by atoms with Crippen LogP contribution in [-0.2, 0) is 11.3 Å². The van der Waals surface area contributed by atoms with Gasteiger partial charge >= 0.3 is 0 Å². The van der Waals surface area contributed by atoms with Gasteiger partial charge in [-0.2, -0.15) is 0 Å². The summed E-state index contributed by atoms with van der Waals surface area (Å²) >= 11 is 1.56. The maximum absolute atomic E-state index is 12.9. The van der Waals surface area contributed by atoms with E-state index in [1.165, 1.54) is 0 Å². The fraction of sp³-hybridized carbons (Fsp3) is 0.182. The zero-order valence-corrected chi connectivity index (χ0v) is 16.2. The molecule has 4 rings (SSSR count). The fourth-order valence-corrected chi connectivity index (χ4v) is 4.27. The molecule has 2 aromatic carbocycles. The molecular weight excluding hydrogens is 372 g/mol. The number of nitrogens with one attached hydrogen (secondary N) is 1. The molecule has 2 heterocycles. The molecule has 0 saturated carbocycles. The van der Waals surface area contributed by atoms with Crippen molar-refractivity contribution < 1.29 is 14.3 Å². The smallest absolute Gasteiger partial charge is 0.255 e. The average molecular weight is 392 g/mol. The first kappa shape index (κ1) is 18.3. The summed E-state index contributed by atoms with van der Waals surface area (Å²) in [4.78, 5) is 28.5. The molecule has 0 spiro atoms. The van der Waals surface area contributed by atoms with Crippen molar-refractivity contribution in [3.8, 4) is 5.75 Å². The van der Waals surface area contributed by atoms with E-state index in [0.29, 0.717) is 12.2 Å². The SMILES string of the molecule is COc1ccc(NC(=O)C[C@H](c2cccs2)N2Cc3ccccc3C2=O)cc1. The van der Waals surface area contributed by atoms with E-state index in [0.717, 1.165) is 21.8 Å². The molecule has 28 heavy (non-hydrogen) atoms. The highest BCUT2D eigenvalue weighted by atomic mass is 32.1. The Bertz CT molecular complexity index is 983. The van der Waals surface area contributed by atoms with Crippen LogP contribution in [0.3, 0.4) is 0 Å². The average Bonchev–Trinajstić information content (AvgIpc) is 3.36. The number of fused-ring (bicyclic) bond motifs is 1. The van der Waals surface area contributed by atoms with Gasteiger partial charge in [-0.3, -0.25) is 9.59 Å². The van der Waals surface area contributed by atoms with Gasteiger partial charge in [0.25, 0.3) is 5.91 Å². The van der Waals surface area contributed by atoms with E-state index in [4.69, 9.17) is 4.74 Å². The van der Waals surface area contributed by atoms with Crippen LogP contribution in [0.1, 0.15) is 33.3 Å². The van der Waals surface area contributed by atoms with Crippen molar-refractivity contribution in [2.45, 2.75) is 19.0 Å². The van der Waals surface area contributed by atoms with E-state index >= 15 is 0 Å². The maximum atomic E-state index is 12.9. The van der Waals surface area contributed by atoms with Crippen LogP contribution >= 0.6 is 11.3 Å². The Morgan fingerprint density at radius 3 is 2.61 bits per heavy atom. The first-order valence-electron chi connectivity index (χ1n) is 9.02. The Morgan fingerprint density at radius 2 is 1.93 bits per heavy atom. The van der Waals surface area contributed by atoms with Crippen LogP contribution in [0.2, 0.25) is 0 Å². The molecule has 1 aliphatic rings. The van der Waals surface area contributed by atoms with Crippen LogP contribution in [0, 0.1) is 0 Å². The molecule has 3 aromatic rings. The van der Waals surface area contributed by atoms with Gasteiger partial charge in [-0.15, -0.1) is 11.3 Å². The lowest BCUT2D eigenvalue weighted by Gasteiger charge is -2.26. The highest BCUT2D eigenvalue weighted by Gasteiger charge is 2.34. The third kappa shape index (κ3) is 3.64. The number of nitrogens with zero attached hydrogens (tertiary/aromatic N) is 1. The van der Waals surface area contributed by atoms with Gasteiger partial charge in [-0.05, 0) is 47.3 Å². The van der Waals surface area contributed by atoms with E-state index in [2.05, 4.69) is 5.32 Å². The molecule has 142 valence electrons. The molecule has 0 saturated heterocycles. The normalized spacial score (nSPS) is 13.9. The number of hydrogen-bond acceptors (Lipinski definition) is 4. The third-order valence-electron chi connectivity index (χ3n) is 4.85. The minimum absolute atomic E-state index is 0.0220. The predicted molar refractivity (Wildman–Crippen MR) is 110 cm³/mol. The van der Waals surface area contributed by atoms with Crippen LogP contribution in [0.4, 0.5) is 5.69 Å². The summed E-state index contributed by atoms with van der Waals surface area (Å²) in [5, 5.41) is 4.89. The number of thiophene rings is 1. The highest BCUT2D eigenvalue weighted by Crippen LogP contribution is 2.35. The van der Waals surface area contributed by atoms with Crippen molar-refractivity contribution >= 4 is 28.8 Å². The molecule has 0 aliphatic carbocycles. The quantitative estimate of drug-likeness (QED) is 0.673. The first-order valence-corrected chi connectivity index (χ1v) is 9.90. The summed E-state index contributed by atoms with van der Waals surface area (Å²) in [5.74, 6) is 0.577. The monoisotopic (exact) mass is 392 g/mol. The van der Waals surface area contributed by atoms with Crippen LogP contribution < -0.4 is 10.1 Å². The Morgan fingerprint density at radius 1 is 1.14 bits per heavy atom. The number of anilines is 1. The Hall–Kier alpha value is -3.12. The molecule has 6 heteroatoms. The van der Waals surface area contributed by atoms with E-state index in [-0.39, 0.29) is 24.3 Å². The van der Waals surface area contributed by atoms with Gasteiger partial charge in [0.1, 0.15) is 5.75 Å². The van der Waals surface area contributed by atoms with Crippen molar-refractivity contribution in [3.63, 3.8) is 0 Å². The number of amides is 2. The second-order valence-electron chi connectivity index (χ2n) is 6.60. The van der Waals surface area contributed by atoms with E-state index < -0.39 is 0 Å². The third-order valence-corrected chi connectivity index (χ3v) is 5.82. The number of carbonyl (C=O) groups excluding carboxylic acids is 2. The number of benzene rings is 2. The van der Waals surface area contributed by atoms with Gasteiger partial charge in [-0.1, -0.05) is 24.3 Å². The first-order chi connectivity index (χ1) is 13.7. The molecule has 2 amide bonds. The summed E-state index contributed by atoms with van der Waals surface area (Å²) in [6.07, 6.45) is 0.201. The molecule has 5 nitrogen and oxygen atoms in total. The summed E-state index contributed by atoms with van der Waals surface area (Å²) in [6, 6.07) is 18.5. The summed E-state index contributed by atoms with van der Waals surface area (Å²) in [5.41, 5.74) is 2.43. The lowest BCUT2D eigenvalue weighted by atomic mass is 10.1.